The van der Waals surface area contributed by atoms with E-state index in [1.165, 1.54) is 109 Å². The predicted molar refractivity (Wildman–Crippen MR) is 487 cm³/mol. The Morgan fingerprint density at radius 3 is 0.475 bits per heavy atom. The third kappa shape index (κ3) is 26.0. The summed E-state index contributed by atoms with van der Waals surface area (Å²) in [5, 5.41) is 175. The van der Waals surface area contributed by atoms with Crippen LogP contribution in [0.3, 0.4) is 0 Å². The van der Waals surface area contributed by atoms with Gasteiger partial charge in [-0.1, -0.05) is 130 Å². The predicted octanol–water partition coefficient (Wildman–Crippen LogP) is -0.564. The molecule has 0 saturated carbocycles. The summed E-state index contributed by atoms with van der Waals surface area (Å²) in [6.07, 6.45) is -82.3. The van der Waals surface area contributed by atoms with E-state index in [1.807, 2.05) is 41.5 Å². The molecule has 0 aromatic heterocycles. The maximum absolute atomic E-state index is 14.3. The van der Waals surface area contributed by atoms with Gasteiger partial charge in [0.25, 0.3) is 50.6 Å². The van der Waals surface area contributed by atoms with Crippen molar-refractivity contribution in [1.82, 2.24) is 0 Å². The van der Waals surface area contributed by atoms with E-state index in [2.05, 4.69) is 0 Å². The summed E-state index contributed by atoms with van der Waals surface area (Å²) in [6, 6.07) is 25.9. The monoisotopic (exact) mass is 2130 g/mol. The van der Waals surface area contributed by atoms with Gasteiger partial charge < -0.3 is 147 Å². The summed E-state index contributed by atoms with van der Waals surface area (Å²) in [7, 11) is -30.8. The fraction of sp³-hybridized carbons (Fsp3) is 0.663. The molecule has 21 fully saturated rings. The molecule has 14 N–H and O–H groups in total. The van der Waals surface area contributed by atoms with Gasteiger partial charge in [0.1, 0.15) is 171 Å². The molecule has 21 aliphatic rings. The molecule has 0 spiro atoms. The van der Waals surface area contributed by atoms with Crippen LogP contribution in [0, 0.1) is 34.6 Å². The highest BCUT2D eigenvalue weighted by atomic mass is 32.2. The molecule has 141 heavy (non-hydrogen) atoms. The van der Waals surface area contributed by atoms with Crippen LogP contribution in [-0.4, -0.2) is 391 Å². The summed E-state index contributed by atoms with van der Waals surface area (Å²) < 4.78 is 272. The van der Waals surface area contributed by atoms with Crippen LogP contribution < -0.4 is 0 Å². The van der Waals surface area contributed by atoms with Crippen LogP contribution in [0.2, 0.25) is 36.3 Å². The van der Waals surface area contributed by atoms with Gasteiger partial charge in [0.2, 0.25) is 0 Å². The van der Waals surface area contributed by atoms with Gasteiger partial charge in [-0.3, -0.25) is 20.9 Å². The second-order valence-electron chi connectivity index (χ2n) is 39.3. The van der Waals surface area contributed by atoms with E-state index in [0.717, 1.165) is 12.1 Å². The molecule has 21 heterocycles. The van der Waals surface area contributed by atoms with E-state index in [0.29, 0.717) is 27.8 Å². The zero-order valence-corrected chi connectivity index (χ0v) is 85.7. The van der Waals surface area contributed by atoms with E-state index in [1.54, 1.807) is 60.8 Å². The highest BCUT2D eigenvalue weighted by Gasteiger charge is 2.62. The van der Waals surface area contributed by atoms with Gasteiger partial charge in [-0.25, -0.2) is 0 Å². The third-order valence-electron chi connectivity index (χ3n) is 26.8. The molecule has 0 aliphatic carbocycles. The zero-order valence-electron chi connectivity index (χ0n) is 79.7. The highest BCUT2D eigenvalue weighted by molar-refractivity contribution is 7.87. The lowest BCUT2D eigenvalue weighted by Crippen LogP contribution is -2.68. The maximum atomic E-state index is 14.3. The number of hydrogen-bond acceptors (Lipinski definition) is 45. The molecule has 21 aliphatic heterocycles. The van der Waals surface area contributed by atoms with Gasteiger partial charge >= 0.3 is 0 Å². The SMILES string of the molecule is Cc1ccc(S(=O)(=O)OC[C@H]2O[C@@H]3O[C@H]4[C@H](O)[C@@H](O)[C@@H](O[C@H]5[C@H](O)[C@@H](O)[C@@H](O[C@H]6[C@H](O)[C@@H](O)[C@@H](O[C@H]7[C@H](O)[C@@H](O)[C@@H](O[C@H]8[C@H](O)[C@@H](O)[C@@H](O[C@H]9[C@H](O)[C@@H](O)[C@@H](O[C@H]2[C@H](O)[C@H]3O)O[C@@H]9CO[Si](C)(C)C(C)(C)C)O[C@@H]8COS(=O)(=O)c2ccc(C)cc2)O[C@@H]7COS(=O)(=O)c2ccc(C)cc2)O[C@@H]6COS(=O)(=O)c2ccc(C)cc2)O[C@@H]5CO[Si](C)(C)C(C)(C)C)O[C@@H]4COS(=O)(=O)c2ccc(C)cc2)cc1. The quantitative estimate of drug-likeness (QED) is 0.0244. The summed E-state index contributed by atoms with van der Waals surface area (Å²) in [4.78, 5) is -2.25. The molecule has 45 nitrogen and oxygen atoms in total. The standard InChI is InChI=1S/C89H128O45S5Si2/c1-43-16-26-48(27-17-43)135(104,105)114-36-53-74-60(90)67(97)81(121-53)129-75-54(37-115-136(106,107)49-28-18-44(2)19-29-49)124-84(70(100)63(75)93)133-79-58(41-119-140(12,13)88(6,7)8)127-87(73(103)66(79)96)132-78-57(40-118-139(112,113)52-34-24-47(5)25-35-52)123-83(69(99)62(78)92)130-76-55(38-116-137(108,109)50-30-20-45(3)21-31-50)125-85(71(101)64(76)94)134-80-59(42-120-141(14,15)89(9,10)11)126-86(72(102)65(80)95)131-77-56(122-82(128-74)68(98)61(77)91)39-117-138(110,111)51-32-22-46(4)23-33-51/h16-35,53-87,90-103H,36-42H2,1-15H3/t53-,54-,55-,56-,57-,58-,59-,60-,61-,62-,63-,64-,65-,66-,67-,68-,69-,70-,71-,72-,73-,74-,75-,76-,77-,78-,79-,80-,81-,82-,83-,84-,85-,86-,87-/m1/s1. The molecule has 0 radical (unpaired) electrons. The van der Waals surface area contributed by atoms with Crippen LogP contribution in [0.4, 0.5) is 0 Å². The van der Waals surface area contributed by atoms with E-state index < -0.39 is 363 Å². The first kappa shape index (κ1) is 113. The third-order valence-corrected chi connectivity index (χ3v) is 42.3. The Balaban J connectivity index is 0.938. The molecular weight excluding hydrogens is 2010 g/mol. The summed E-state index contributed by atoms with van der Waals surface area (Å²) in [5.74, 6) is 0. The van der Waals surface area contributed by atoms with Crippen LogP contribution in [0.15, 0.2) is 146 Å². The topological polar surface area (TPSA) is 648 Å². The van der Waals surface area contributed by atoms with Crippen molar-refractivity contribution in [2.24, 2.45) is 0 Å². The lowest BCUT2D eigenvalue weighted by atomic mass is 9.95. The molecule has 21 saturated heterocycles. The first-order chi connectivity index (χ1) is 65.7. The summed E-state index contributed by atoms with van der Waals surface area (Å²) in [6.45, 7) is 18.7. The van der Waals surface area contributed by atoms with Gasteiger partial charge in [-0.15, -0.1) is 0 Å². The molecule has 35 atom stereocenters. The van der Waals surface area contributed by atoms with Crippen LogP contribution in [0.1, 0.15) is 69.4 Å². The van der Waals surface area contributed by atoms with Crippen LogP contribution in [-0.2, 0) is 147 Å². The van der Waals surface area contributed by atoms with Crippen LogP contribution in [0.5, 0.6) is 0 Å². The zero-order chi connectivity index (χ0) is 103. The number of aliphatic hydroxyl groups is 14. The van der Waals surface area contributed by atoms with Crippen LogP contribution in [0.25, 0.3) is 0 Å². The van der Waals surface area contributed by atoms with Gasteiger partial charge in [-0.05, 0) is 132 Å². The molecule has 26 rings (SSSR count). The molecule has 5 aromatic carbocycles. The van der Waals surface area contributed by atoms with Gasteiger partial charge in [0.05, 0.1) is 70.7 Å². The number of aliphatic hydroxyl groups excluding tert-OH is 14. The Bertz CT molecular complexity index is 5360. The Hall–Kier alpha value is -5.12. The molecule has 0 amide bonds. The van der Waals surface area contributed by atoms with Gasteiger partial charge in [-0.2, -0.15) is 42.1 Å². The van der Waals surface area contributed by atoms with Crippen molar-refractivity contribution >= 4 is 67.2 Å². The fourth-order valence-corrected chi connectivity index (χ4v) is 22.6. The number of aryl methyl sites for hydroxylation is 5. The average Bonchev–Trinajstić information content (AvgIpc) is 0.888. The molecule has 792 valence electrons. The Morgan fingerprint density at radius 1 is 0.220 bits per heavy atom. The van der Waals surface area contributed by atoms with E-state index in [4.69, 9.17) is 96.1 Å². The summed E-state index contributed by atoms with van der Waals surface area (Å²) in [5.41, 5.74) is 3.00. The minimum atomic E-state index is -4.95. The van der Waals surface area contributed by atoms with E-state index >= 15 is 0 Å². The number of ether oxygens (including phenoxy) is 14. The Labute approximate surface area is 819 Å². The fourth-order valence-electron chi connectivity index (χ4n) is 16.0. The first-order valence-electron chi connectivity index (χ1n) is 45.5. The smallest absolute Gasteiger partial charge is 0.297 e. The van der Waals surface area contributed by atoms with Crippen molar-refractivity contribution in [3.05, 3.63) is 149 Å². The van der Waals surface area contributed by atoms with Crippen LogP contribution >= 0.6 is 0 Å². The van der Waals surface area contributed by atoms with E-state index in [-0.39, 0.29) is 0 Å². The Kier molecular flexibility index (Phi) is 36.0. The highest BCUT2D eigenvalue weighted by Crippen LogP contribution is 2.45. The van der Waals surface area contributed by atoms with Gasteiger partial charge in [0.15, 0.2) is 60.7 Å². The average molecular weight is 2130 g/mol. The Morgan fingerprint density at radius 2 is 0.348 bits per heavy atom. The molecule has 14 bridgehead atoms. The first-order valence-corrected chi connectivity index (χ1v) is 58.3. The van der Waals surface area contributed by atoms with Crippen molar-refractivity contribution in [3.63, 3.8) is 0 Å². The van der Waals surface area contributed by atoms with Gasteiger partial charge in [0, 0.05) is 0 Å². The van der Waals surface area contributed by atoms with E-state index in [9.17, 15) is 114 Å². The van der Waals surface area contributed by atoms with Crippen molar-refractivity contribution < 1.29 is 210 Å². The van der Waals surface area contributed by atoms with Crippen molar-refractivity contribution in [1.29, 1.82) is 0 Å². The second kappa shape index (κ2) is 45.0. The molecular formula is C89H128O45S5Si2. The summed E-state index contributed by atoms with van der Waals surface area (Å²) >= 11 is 0. The van der Waals surface area contributed by atoms with Crippen molar-refractivity contribution in [2.75, 3.05) is 46.2 Å². The minimum Gasteiger partial charge on any atom is -0.414 e. The van der Waals surface area contributed by atoms with Crippen molar-refractivity contribution in [3.8, 4) is 0 Å². The maximum Gasteiger partial charge on any atom is 0.297 e. The molecule has 5 aromatic rings. The largest absolute Gasteiger partial charge is 0.414 e. The lowest BCUT2D eigenvalue weighted by molar-refractivity contribution is -0.395. The number of hydrogen-bond donors (Lipinski definition) is 14. The lowest BCUT2D eigenvalue weighted by Gasteiger charge is -2.50. The minimum absolute atomic E-state index is 0.440. The second-order valence-corrected chi connectivity index (χ2v) is 57.0. The van der Waals surface area contributed by atoms with Crippen molar-refractivity contribution in [2.45, 2.75) is 352 Å². The normalized spacial score (nSPS) is 36.6. The number of rotatable bonds is 26. The number of benzene rings is 5. The molecule has 52 heteroatoms. The molecule has 0 unspecified atom stereocenters.